The van der Waals surface area contributed by atoms with Gasteiger partial charge >= 0.3 is 0 Å². The maximum absolute atomic E-state index is 13.7. The van der Waals surface area contributed by atoms with Crippen LogP contribution in [0.2, 0.25) is 0 Å². The third-order valence-electron chi connectivity index (χ3n) is 3.19. The van der Waals surface area contributed by atoms with Crippen LogP contribution in [0.25, 0.3) is 0 Å². The first-order valence-corrected chi connectivity index (χ1v) is 7.59. The number of anilines is 1. The molecule has 112 valence electrons. The lowest BCUT2D eigenvalue weighted by molar-refractivity contribution is 0.0978. The van der Waals surface area contributed by atoms with Crippen molar-refractivity contribution in [2.24, 2.45) is 0 Å². The molecule has 5 nitrogen and oxygen atoms in total. The molecular weight excluding hydrogens is 290 g/mol. The van der Waals surface area contributed by atoms with Gasteiger partial charge in [0.25, 0.3) is 0 Å². The topological polar surface area (TPSA) is 72.6 Å². The average Bonchev–Trinajstić information content (AvgIpc) is 2.86. The van der Waals surface area contributed by atoms with E-state index in [4.69, 9.17) is 10.5 Å². The van der Waals surface area contributed by atoms with Crippen molar-refractivity contribution in [1.29, 1.82) is 0 Å². The smallest absolute Gasteiger partial charge is 0.246 e. The summed E-state index contributed by atoms with van der Waals surface area (Å²) in [6.07, 6.45) is 1.39. The molecule has 1 atom stereocenters. The predicted molar refractivity (Wildman–Crippen MR) is 69.6 cm³/mol. The second-order valence-electron chi connectivity index (χ2n) is 4.74. The standard InChI is InChI=1S/C12H16F2N2O3S/c1-16(7-9-3-2-4-19-9)20(17,18)11-6-8(15)5-10(13)12(11)14/h5-6,9H,2-4,7,15H2,1H3. The Kier molecular flexibility index (Phi) is 4.26. The van der Waals surface area contributed by atoms with Gasteiger partial charge in [0.2, 0.25) is 10.0 Å². The summed E-state index contributed by atoms with van der Waals surface area (Å²) in [6, 6.07) is 1.66. The van der Waals surface area contributed by atoms with Crippen LogP contribution >= 0.6 is 0 Å². The van der Waals surface area contributed by atoms with Crippen LogP contribution in [0.4, 0.5) is 14.5 Å². The zero-order chi connectivity index (χ0) is 14.9. The number of ether oxygens (including phenoxy) is 1. The fraction of sp³-hybridized carbons (Fsp3) is 0.500. The first-order chi connectivity index (χ1) is 9.32. The number of nitrogen functional groups attached to an aromatic ring is 1. The number of likely N-dealkylation sites (N-methyl/N-ethyl adjacent to an activating group) is 1. The van der Waals surface area contributed by atoms with E-state index in [2.05, 4.69) is 0 Å². The summed E-state index contributed by atoms with van der Waals surface area (Å²) in [5, 5.41) is 0. The highest BCUT2D eigenvalue weighted by atomic mass is 32.2. The molecular formula is C12H16F2N2O3S. The second kappa shape index (κ2) is 5.63. The molecule has 0 bridgehead atoms. The van der Waals surface area contributed by atoms with E-state index in [1.807, 2.05) is 0 Å². The summed E-state index contributed by atoms with van der Waals surface area (Å²) in [6.45, 7) is 0.679. The van der Waals surface area contributed by atoms with Crippen LogP contribution in [0.15, 0.2) is 17.0 Å². The molecule has 1 aromatic rings. The fourth-order valence-electron chi connectivity index (χ4n) is 2.11. The highest BCUT2D eigenvalue weighted by Crippen LogP contribution is 2.24. The molecule has 1 saturated heterocycles. The molecule has 1 aliphatic rings. The Balaban J connectivity index is 2.29. The molecule has 8 heteroatoms. The Labute approximate surface area is 116 Å². The van der Waals surface area contributed by atoms with Gasteiger partial charge in [-0.2, -0.15) is 4.31 Å². The van der Waals surface area contributed by atoms with Crippen molar-refractivity contribution in [2.45, 2.75) is 23.8 Å². The van der Waals surface area contributed by atoms with Crippen molar-refractivity contribution >= 4 is 15.7 Å². The molecule has 1 aromatic carbocycles. The minimum absolute atomic E-state index is 0.0954. The molecule has 1 heterocycles. The molecule has 0 amide bonds. The predicted octanol–water partition coefficient (Wildman–Crippen LogP) is 1.35. The van der Waals surface area contributed by atoms with Crippen molar-refractivity contribution in [3.8, 4) is 0 Å². The number of hydrogen-bond donors (Lipinski definition) is 1. The lowest BCUT2D eigenvalue weighted by Gasteiger charge is -2.21. The van der Waals surface area contributed by atoms with Gasteiger partial charge in [-0.15, -0.1) is 0 Å². The first kappa shape index (κ1) is 15.1. The van der Waals surface area contributed by atoms with Crippen LogP contribution in [-0.4, -0.2) is 39.0 Å². The number of rotatable bonds is 4. The van der Waals surface area contributed by atoms with Gasteiger partial charge in [0.05, 0.1) is 6.10 Å². The number of benzene rings is 1. The van der Waals surface area contributed by atoms with E-state index in [0.29, 0.717) is 6.61 Å². The highest BCUT2D eigenvalue weighted by Gasteiger charge is 2.29. The van der Waals surface area contributed by atoms with E-state index >= 15 is 0 Å². The maximum Gasteiger partial charge on any atom is 0.246 e. The molecule has 0 aromatic heterocycles. The Hall–Kier alpha value is -1.25. The average molecular weight is 306 g/mol. The Morgan fingerprint density at radius 3 is 2.75 bits per heavy atom. The number of hydrogen-bond acceptors (Lipinski definition) is 4. The van der Waals surface area contributed by atoms with Gasteiger partial charge < -0.3 is 10.5 Å². The summed E-state index contributed by atoms with van der Waals surface area (Å²) < 4.78 is 57.8. The van der Waals surface area contributed by atoms with Gasteiger partial charge in [-0.25, -0.2) is 17.2 Å². The highest BCUT2D eigenvalue weighted by molar-refractivity contribution is 7.89. The van der Waals surface area contributed by atoms with E-state index in [0.717, 1.165) is 29.3 Å². The third kappa shape index (κ3) is 2.92. The minimum Gasteiger partial charge on any atom is -0.399 e. The zero-order valence-electron chi connectivity index (χ0n) is 11.0. The van der Waals surface area contributed by atoms with Crippen molar-refractivity contribution in [1.82, 2.24) is 4.31 Å². The minimum atomic E-state index is -4.14. The van der Waals surface area contributed by atoms with Gasteiger partial charge in [0, 0.05) is 25.9 Å². The van der Waals surface area contributed by atoms with Gasteiger partial charge in [-0.1, -0.05) is 0 Å². The molecule has 1 aliphatic heterocycles. The van der Waals surface area contributed by atoms with Crippen LogP contribution < -0.4 is 5.73 Å². The summed E-state index contributed by atoms with van der Waals surface area (Å²) in [4.78, 5) is -0.754. The number of nitrogens with zero attached hydrogens (tertiary/aromatic N) is 1. The van der Waals surface area contributed by atoms with Crippen molar-refractivity contribution in [2.75, 3.05) is 25.9 Å². The van der Waals surface area contributed by atoms with Gasteiger partial charge in [-0.3, -0.25) is 0 Å². The molecule has 2 N–H and O–H groups in total. The summed E-state index contributed by atoms with van der Waals surface area (Å²) in [5.41, 5.74) is 5.23. The van der Waals surface area contributed by atoms with Crippen LogP contribution in [0.1, 0.15) is 12.8 Å². The van der Waals surface area contributed by atoms with Gasteiger partial charge in [0.15, 0.2) is 11.6 Å². The van der Waals surface area contributed by atoms with Crippen LogP contribution in [0.5, 0.6) is 0 Å². The largest absolute Gasteiger partial charge is 0.399 e. The molecule has 1 unspecified atom stereocenters. The van der Waals surface area contributed by atoms with E-state index in [9.17, 15) is 17.2 Å². The van der Waals surface area contributed by atoms with E-state index < -0.39 is 26.6 Å². The lowest BCUT2D eigenvalue weighted by Crippen LogP contribution is -2.34. The fourth-order valence-corrected chi connectivity index (χ4v) is 3.42. The molecule has 0 spiro atoms. The van der Waals surface area contributed by atoms with Crippen LogP contribution in [0, 0.1) is 11.6 Å². The Bertz CT molecular complexity index is 601. The molecule has 0 saturated carbocycles. The molecule has 1 fully saturated rings. The summed E-state index contributed by atoms with van der Waals surface area (Å²) in [5.74, 6) is -2.70. The van der Waals surface area contributed by atoms with Crippen molar-refractivity contribution in [3.63, 3.8) is 0 Å². The lowest BCUT2D eigenvalue weighted by atomic mass is 10.2. The number of nitrogens with two attached hydrogens (primary N) is 1. The monoisotopic (exact) mass is 306 g/mol. The van der Waals surface area contributed by atoms with Crippen LogP contribution in [-0.2, 0) is 14.8 Å². The SMILES string of the molecule is CN(CC1CCCO1)S(=O)(=O)c1cc(N)cc(F)c1F. The molecule has 2 rings (SSSR count). The van der Waals surface area contributed by atoms with E-state index in [1.165, 1.54) is 7.05 Å². The molecule has 0 radical (unpaired) electrons. The molecule has 20 heavy (non-hydrogen) atoms. The Morgan fingerprint density at radius 1 is 1.45 bits per heavy atom. The van der Waals surface area contributed by atoms with Crippen molar-refractivity contribution in [3.05, 3.63) is 23.8 Å². The molecule has 0 aliphatic carbocycles. The second-order valence-corrected chi connectivity index (χ2v) is 6.75. The Morgan fingerprint density at radius 2 is 2.15 bits per heavy atom. The summed E-state index contributed by atoms with van der Waals surface area (Å²) >= 11 is 0. The van der Waals surface area contributed by atoms with Crippen LogP contribution in [0.3, 0.4) is 0 Å². The third-order valence-corrected chi connectivity index (χ3v) is 5.01. The number of halogens is 2. The van der Waals surface area contributed by atoms with Gasteiger partial charge in [0.1, 0.15) is 4.90 Å². The first-order valence-electron chi connectivity index (χ1n) is 6.15. The van der Waals surface area contributed by atoms with E-state index in [-0.39, 0.29) is 18.3 Å². The van der Waals surface area contributed by atoms with Gasteiger partial charge in [-0.05, 0) is 25.0 Å². The summed E-state index contributed by atoms with van der Waals surface area (Å²) in [7, 11) is -2.84. The maximum atomic E-state index is 13.7. The zero-order valence-corrected chi connectivity index (χ0v) is 11.8. The quantitative estimate of drug-likeness (QED) is 0.852. The van der Waals surface area contributed by atoms with Crippen molar-refractivity contribution < 1.29 is 21.9 Å². The number of sulfonamides is 1. The van der Waals surface area contributed by atoms with E-state index in [1.54, 1.807) is 0 Å². The normalized spacial score (nSPS) is 19.7.